The van der Waals surface area contributed by atoms with Crippen LogP contribution in [0.5, 0.6) is 0 Å². The Balaban J connectivity index is 0.000000671. The first-order valence-electron chi connectivity index (χ1n) is 5.70. The molecule has 1 rings (SSSR count). The van der Waals surface area contributed by atoms with Crippen molar-refractivity contribution in [3.8, 4) is 0 Å². The predicted molar refractivity (Wildman–Crippen MR) is 60.2 cm³/mol. The van der Waals surface area contributed by atoms with Crippen molar-refractivity contribution in [1.82, 2.24) is 9.80 Å². The summed E-state index contributed by atoms with van der Waals surface area (Å²) in [5.74, 6) is 0. The van der Waals surface area contributed by atoms with Crippen molar-refractivity contribution in [3.63, 3.8) is 0 Å². The summed E-state index contributed by atoms with van der Waals surface area (Å²) in [6.07, 6.45) is 1.29. The van der Waals surface area contributed by atoms with Crippen LogP contribution in [0.3, 0.4) is 0 Å². The van der Waals surface area contributed by atoms with Crippen LogP contribution >= 0.6 is 0 Å². The summed E-state index contributed by atoms with van der Waals surface area (Å²) >= 11 is 0. The van der Waals surface area contributed by atoms with E-state index in [9.17, 15) is 0 Å². The minimum absolute atomic E-state index is 0.804. The molecule has 80 valence electrons. The highest BCUT2D eigenvalue weighted by molar-refractivity contribution is 4.78. The molecule has 0 aromatic carbocycles. The van der Waals surface area contributed by atoms with Gasteiger partial charge in [0.05, 0.1) is 0 Å². The van der Waals surface area contributed by atoms with Gasteiger partial charge in [-0.2, -0.15) is 0 Å². The van der Waals surface area contributed by atoms with Crippen LogP contribution in [0, 0.1) is 0 Å². The van der Waals surface area contributed by atoms with E-state index in [0.717, 1.165) is 6.04 Å². The van der Waals surface area contributed by atoms with Gasteiger partial charge in [-0.05, 0) is 20.0 Å². The van der Waals surface area contributed by atoms with E-state index < -0.39 is 0 Å². The van der Waals surface area contributed by atoms with Crippen LogP contribution in [0.15, 0.2) is 0 Å². The average molecular weight is 186 g/mol. The molecule has 13 heavy (non-hydrogen) atoms. The molecular weight excluding hydrogens is 160 g/mol. The lowest BCUT2D eigenvalue weighted by atomic mass is 10.1. The van der Waals surface area contributed by atoms with Crippen molar-refractivity contribution in [2.45, 2.75) is 40.2 Å². The van der Waals surface area contributed by atoms with E-state index in [0.29, 0.717) is 0 Å². The summed E-state index contributed by atoms with van der Waals surface area (Å²) in [5.41, 5.74) is 0. The number of nitrogens with zero attached hydrogens (tertiary/aromatic N) is 2. The molecule has 0 amide bonds. The van der Waals surface area contributed by atoms with Gasteiger partial charge in [0.25, 0.3) is 0 Å². The number of hydrogen-bond donors (Lipinski definition) is 0. The van der Waals surface area contributed by atoms with Crippen molar-refractivity contribution in [2.24, 2.45) is 0 Å². The minimum atomic E-state index is 0.804. The lowest BCUT2D eigenvalue weighted by Gasteiger charge is -2.39. The minimum Gasteiger partial charge on any atom is -0.304 e. The highest BCUT2D eigenvalue weighted by Gasteiger charge is 2.21. The summed E-state index contributed by atoms with van der Waals surface area (Å²) in [6.45, 7) is 13.5. The first-order chi connectivity index (χ1) is 6.27. The van der Waals surface area contributed by atoms with Crippen LogP contribution in [0.2, 0.25) is 0 Å². The second kappa shape index (κ2) is 7.34. The zero-order valence-electron chi connectivity index (χ0n) is 10.0. The fraction of sp³-hybridized carbons (Fsp3) is 1.00. The average Bonchev–Trinajstić information content (AvgIpc) is 2.20. The van der Waals surface area contributed by atoms with Crippen molar-refractivity contribution < 1.29 is 0 Å². The Kier molecular flexibility index (Phi) is 7.29. The first kappa shape index (κ1) is 12.9. The van der Waals surface area contributed by atoms with Crippen LogP contribution in [0.1, 0.15) is 34.1 Å². The Bertz CT molecular complexity index is 115. The summed E-state index contributed by atoms with van der Waals surface area (Å²) in [7, 11) is 2.22. The van der Waals surface area contributed by atoms with E-state index >= 15 is 0 Å². The van der Waals surface area contributed by atoms with Gasteiger partial charge in [-0.15, -0.1) is 0 Å². The molecular formula is C11H26N2. The molecule has 1 aliphatic heterocycles. The maximum absolute atomic E-state index is 2.58. The van der Waals surface area contributed by atoms with E-state index in [2.05, 4.69) is 30.7 Å². The van der Waals surface area contributed by atoms with E-state index in [1.165, 1.54) is 32.6 Å². The number of rotatable bonds is 2. The molecule has 0 spiro atoms. The molecule has 1 aliphatic rings. The van der Waals surface area contributed by atoms with Gasteiger partial charge in [-0.25, -0.2) is 0 Å². The Hall–Kier alpha value is -0.0800. The largest absolute Gasteiger partial charge is 0.304 e. The lowest BCUT2D eigenvalue weighted by molar-refractivity contribution is 0.0927. The molecule has 1 heterocycles. The van der Waals surface area contributed by atoms with Crippen LogP contribution in [-0.2, 0) is 0 Å². The van der Waals surface area contributed by atoms with Crippen LogP contribution in [-0.4, -0.2) is 49.1 Å². The Morgan fingerprint density at radius 3 is 2.23 bits per heavy atom. The Morgan fingerprint density at radius 2 is 1.77 bits per heavy atom. The summed E-state index contributed by atoms with van der Waals surface area (Å²) < 4.78 is 0. The monoisotopic (exact) mass is 186 g/mol. The lowest BCUT2D eigenvalue weighted by Crippen LogP contribution is -2.51. The molecule has 0 radical (unpaired) electrons. The Morgan fingerprint density at radius 1 is 1.15 bits per heavy atom. The highest BCUT2D eigenvalue weighted by Crippen LogP contribution is 2.10. The zero-order chi connectivity index (χ0) is 10.3. The van der Waals surface area contributed by atoms with Crippen molar-refractivity contribution in [2.75, 3.05) is 33.2 Å². The molecule has 1 atom stereocenters. The number of piperazine rings is 1. The fourth-order valence-electron chi connectivity index (χ4n) is 1.85. The van der Waals surface area contributed by atoms with Gasteiger partial charge in [0.15, 0.2) is 0 Å². The molecule has 2 heteroatoms. The zero-order valence-corrected chi connectivity index (χ0v) is 10.0. The van der Waals surface area contributed by atoms with Gasteiger partial charge < -0.3 is 4.90 Å². The molecule has 0 aromatic heterocycles. The van der Waals surface area contributed by atoms with E-state index in [-0.39, 0.29) is 0 Å². The highest BCUT2D eigenvalue weighted by atomic mass is 15.3. The van der Waals surface area contributed by atoms with Gasteiger partial charge >= 0.3 is 0 Å². The molecule has 0 aromatic rings. The molecule has 1 saturated heterocycles. The molecule has 0 saturated carbocycles. The predicted octanol–water partition coefficient (Wildman–Crippen LogP) is 2.06. The van der Waals surface area contributed by atoms with E-state index in [1.54, 1.807) is 0 Å². The molecule has 0 aliphatic carbocycles. The standard InChI is InChI=1S/C9H20N2.C2H6/c1-4-9-8-10(3)6-7-11(9)5-2;1-2/h9H,4-8H2,1-3H3;1-2H3. The van der Waals surface area contributed by atoms with E-state index in [4.69, 9.17) is 0 Å². The second-order valence-electron chi connectivity index (χ2n) is 3.45. The van der Waals surface area contributed by atoms with Crippen molar-refractivity contribution >= 4 is 0 Å². The summed E-state index contributed by atoms with van der Waals surface area (Å²) in [5, 5.41) is 0. The number of hydrogen-bond acceptors (Lipinski definition) is 2. The Labute approximate surface area is 83.9 Å². The molecule has 2 nitrogen and oxygen atoms in total. The smallest absolute Gasteiger partial charge is 0.0220 e. The fourth-order valence-corrected chi connectivity index (χ4v) is 1.85. The SMILES string of the molecule is CC.CCC1CN(C)CCN1CC. The quantitative estimate of drug-likeness (QED) is 0.651. The third kappa shape index (κ3) is 4.10. The molecule has 0 N–H and O–H groups in total. The van der Waals surface area contributed by atoms with Gasteiger partial charge in [0.2, 0.25) is 0 Å². The van der Waals surface area contributed by atoms with Gasteiger partial charge in [-0.1, -0.05) is 27.7 Å². The maximum Gasteiger partial charge on any atom is 0.0220 e. The summed E-state index contributed by atoms with van der Waals surface area (Å²) in [4.78, 5) is 5.01. The van der Waals surface area contributed by atoms with Crippen LogP contribution in [0.25, 0.3) is 0 Å². The molecule has 1 fully saturated rings. The second-order valence-corrected chi connectivity index (χ2v) is 3.45. The van der Waals surface area contributed by atoms with E-state index in [1.807, 2.05) is 13.8 Å². The molecule has 0 bridgehead atoms. The summed E-state index contributed by atoms with van der Waals surface area (Å²) in [6, 6.07) is 0.804. The van der Waals surface area contributed by atoms with Crippen LogP contribution in [0.4, 0.5) is 0 Å². The first-order valence-corrected chi connectivity index (χ1v) is 5.70. The maximum atomic E-state index is 2.58. The third-order valence-electron chi connectivity index (χ3n) is 2.69. The topological polar surface area (TPSA) is 6.48 Å². The van der Waals surface area contributed by atoms with Gasteiger partial charge in [0.1, 0.15) is 0 Å². The van der Waals surface area contributed by atoms with Crippen molar-refractivity contribution in [1.29, 1.82) is 0 Å². The third-order valence-corrected chi connectivity index (χ3v) is 2.69. The van der Waals surface area contributed by atoms with Gasteiger partial charge in [0, 0.05) is 25.7 Å². The van der Waals surface area contributed by atoms with Crippen molar-refractivity contribution in [3.05, 3.63) is 0 Å². The molecule has 1 unspecified atom stereocenters. The van der Waals surface area contributed by atoms with Crippen LogP contribution < -0.4 is 0 Å². The normalized spacial score (nSPS) is 25.2. The number of likely N-dealkylation sites (N-methyl/N-ethyl adjacent to an activating group) is 2. The van der Waals surface area contributed by atoms with Gasteiger partial charge in [-0.3, -0.25) is 4.90 Å².